The van der Waals surface area contributed by atoms with E-state index in [0.29, 0.717) is 27.7 Å². The van der Waals surface area contributed by atoms with E-state index in [4.69, 9.17) is 23.2 Å². The lowest BCUT2D eigenvalue weighted by Crippen LogP contribution is -2.48. The fourth-order valence-electron chi connectivity index (χ4n) is 4.02. The number of amides is 2. The molecular formula is C25H33Cl2N3O4S. The Morgan fingerprint density at radius 2 is 1.69 bits per heavy atom. The molecule has 0 aromatic heterocycles. The first-order chi connectivity index (χ1) is 16.4. The van der Waals surface area contributed by atoms with Gasteiger partial charge in [0.25, 0.3) is 0 Å². The number of hydrogen-bond donors (Lipinski definition) is 1. The number of likely N-dealkylation sites (N-methyl/N-ethyl adjacent to an activating group) is 1. The van der Waals surface area contributed by atoms with Gasteiger partial charge >= 0.3 is 0 Å². The monoisotopic (exact) mass is 541 g/mol. The first-order valence-corrected chi connectivity index (χ1v) is 14.0. The summed E-state index contributed by atoms with van der Waals surface area (Å²) in [7, 11) is -2.03. The molecule has 35 heavy (non-hydrogen) atoms. The number of nitrogens with one attached hydrogen (secondary N) is 1. The van der Waals surface area contributed by atoms with E-state index < -0.39 is 16.1 Å². The molecule has 10 heteroatoms. The van der Waals surface area contributed by atoms with Crippen molar-refractivity contribution in [1.82, 2.24) is 10.2 Å². The van der Waals surface area contributed by atoms with Gasteiger partial charge in [0.05, 0.1) is 11.9 Å². The largest absolute Gasteiger partial charge is 0.357 e. The Morgan fingerprint density at radius 1 is 1.06 bits per heavy atom. The molecule has 0 radical (unpaired) electrons. The zero-order valence-electron chi connectivity index (χ0n) is 20.8. The van der Waals surface area contributed by atoms with Crippen LogP contribution in [0.25, 0.3) is 0 Å². The number of anilines is 1. The van der Waals surface area contributed by atoms with Crippen LogP contribution in [0.3, 0.4) is 0 Å². The predicted octanol–water partition coefficient (Wildman–Crippen LogP) is 4.71. The summed E-state index contributed by atoms with van der Waals surface area (Å²) >= 11 is 12.3. The maximum atomic E-state index is 13.3. The lowest BCUT2D eigenvalue weighted by molar-refractivity contribution is -0.141. The van der Waals surface area contributed by atoms with Crippen molar-refractivity contribution in [2.45, 2.75) is 52.6 Å². The van der Waals surface area contributed by atoms with Crippen LogP contribution in [0.15, 0.2) is 36.4 Å². The van der Waals surface area contributed by atoms with Gasteiger partial charge in [-0.05, 0) is 67.6 Å². The highest BCUT2D eigenvalue weighted by atomic mass is 35.5. The highest BCUT2D eigenvalue weighted by molar-refractivity contribution is 7.92. The number of hydrogen-bond acceptors (Lipinski definition) is 4. The van der Waals surface area contributed by atoms with Gasteiger partial charge in [-0.1, -0.05) is 42.3 Å². The maximum Gasteiger partial charge on any atom is 0.242 e. The average molecular weight is 543 g/mol. The third-order valence-corrected chi connectivity index (χ3v) is 7.42. The molecule has 0 aliphatic heterocycles. The molecule has 2 rings (SSSR count). The van der Waals surface area contributed by atoms with E-state index in [1.54, 1.807) is 18.2 Å². The first kappa shape index (κ1) is 28.9. The normalized spacial score (nSPS) is 12.2. The standard InChI is InChI=1S/C25H33Cl2N3O4S/c1-6-23(25(32)28-4)29(16-19-9-10-20(26)15-22(19)27)24(31)8-7-11-30(35(5,33)34)21-13-17(2)12-18(3)14-21/h9-10,12-15,23H,6-8,11,16H2,1-5H3,(H,28,32)/t23-/m1/s1. The third kappa shape index (κ3) is 8.12. The Balaban J connectivity index is 2.25. The Labute approximate surface area is 218 Å². The van der Waals surface area contributed by atoms with Gasteiger partial charge in [-0.25, -0.2) is 8.42 Å². The Bertz CT molecular complexity index is 1150. The summed E-state index contributed by atoms with van der Waals surface area (Å²) in [5, 5.41) is 3.49. The molecule has 0 bridgehead atoms. The summed E-state index contributed by atoms with van der Waals surface area (Å²) in [6.07, 6.45) is 1.91. The minimum absolute atomic E-state index is 0.0650. The van der Waals surface area contributed by atoms with Gasteiger partial charge in [0.2, 0.25) is 21.8 Å². The van der Waals surface area contributed by atoms with Crippen LogP contribution in [0.4, 0.5) is 5.69 Å². The van der Waals surface area contributed by atoms with Gasteiger partial charge in [-0.3, -0.25) is 13.9 Å². The topological polar surface area (TPSA) is 86.8 Å². The summed E-state index contributed by atoms with van der Waals surface area (Å²) in [5.74, 6) is -0.542. The molecule has 2 amide bonds. The van der Waals surface area contributed by atoms with Crippen LogP contribution in [-0.2, 0) is 26.2 Å². The summed E-state index contributed by atoms with van der Waals surface area (Å²) < 4.78 is 26.3. The second kappa shape index (κ2) is 12.6. The highest BCUT2D eigenvalue weighted by Crippen LogP contribution is 2.25. The minimum Gasteiger partial charge on any atom is -0.357 e. The summed E-state index contributed by atoms with van der Waals surface area (Å²) in [6.45, 7) is 5.91. The van der Waals surface area contributed by atoms with Crippen molar-refractivity contribution in [2.24, 2.45) is 0 Å². The van der Waals surface area contributed by atoms with Gasteiger partial charge in [-0.15, -0.1) is 0 Å². The molecular weight excluding hydrogens is 509 g/mol. The maximum absolute atomic E-state index is 13.3. The molecule has 2 aromatic rings. The second-order valence-electron chi connectivity index (χ2n) is 8.58. The number of nitrogens with zero attached hydrogens (tertiary/aromatic N) is 2. The number of carbonyl (C=O) groups excluding carboxylic acids is 2. The zero-order valence-corrected chi connectivity index (χ0v) is 23.1. The molecule has 0 aliphatic rings. The summed E-state index contributed by atoms with van der Waals surface area (Å²) in [4.78, 5) is 27.4. The third-order valence-electron chi connectivity index (χ3n) is 5.63. The van der Waals surface area contributed by atoms with Crippen molar-refractivity contribution in [1.29, 1.82) is 0 Å². The number of sulfonamides is 1. The van der Waals surface area contributed by atoms with E-state index in [9.17, 15) is 18.0 Å². The van der Waals surface area contributed by atoms with E-state index in [1.165, 1.54) is 16.3 Å². The van der Waals surface area contributed by atoms with E-state index in [2.05, 4.69) is 5.32 Å². The molecule has 7 nitrogen and oxygen atoms in total. The number of halogens is 2. The van der Waals surface area contributed by atoms with E-state index in [0.717, 1.165) is 17.4 Å². The summed E-state index contributed by atoms with van der Waals surface area (Å²) in [6, 6.07) is 9.90. The van der Waals surface area contributed by atoms with Gasteiger partial charge in [0.15, 0.2) is 0 Å². The van der Waals surface area contributed by atoms with Crippen LogP contribution < -0.4 is 9.62 Å². The van der Waals surface area contributed by atoms with Gasteiger partial charge in [0, 0.05) is 36.6 Å². The SMILES string of the molecule is CC[C@H](C(=O)NC)N(Cc1ccc(Cl)cc1Cl)C(=O)CCCN(c1cc(C)cc(C)c1)S(C)(=O)=O. The van der Waals surface area contributed by atoms with Gasteiger partial charge in [-0.2, -0.15) is 0 Å². The number of aryl methyl sites for hydroxylation is 2. The second-order valence-corrected chi connectivity index (χ2v) is 11.3. The average Bonchev–Trinajstić information content (AvgIpc) is 2.75. The Hall–Kier alpha value is -2.29. The molecule has 0 heterocycles. The van der Waals surface area contributed by atoms with Crippen LogP contribution in [0.2, 0.25) is 10.0 Å². The molecule has 0 aliphatic carbocycles. The van der Waals surface area contributed by atoms with Crippen LogP contribution >= 0.6 is 23.2 Å². The Kier molecular flexibility index (Phi) is 10.4. The molecule has 0 fully saturated rings. The lowest BCUT2D eigenvalue weighted by Gasteiger charge is -2.31. The highest BCUT2D eigenvalue weighted by Gasteiger charge is 2.28. The van der Waals surface area contributed by atoms with E-state index >= 15 is 0 Å². The smallest absolute Gasteiger partial charge is 0.242 e. The van der Waals surface area contributed by atoms with E-state index in [-0.39, 0.29) is 37.7 Å². The number of benzene rings is 2. The Morgan fingerprint density at radius 3 is 2.20 bits per heavy atom. The number of rotatable bonds is 11. The van der Waals surface area contributed by atoms with Crippen molar-refractivity contribution in [3.8, 4) is 0 Å². The summed E-state index contributed by atoms with van der Waals surface area (Å²) in [5.41, 5.74) is 3.14. The molecule has 192 valence electrons. The lowest BCUT2D eigenvalue weighted by atomic mass is 10.1. The fraction of sp³-hybridized carbons (Fsp3) is 0.440. The van der Waals surface area contributed by atoms with E-state index in [1.807, 2.05) is 39.0 Å². The van der Waals surface area contributed by atoms with Crippen molar-refractivity contribution >= 4 is 50.7 Å². The predicted molar refractivity (Wildman–Crippen MR) is 142 cm³/mol. The van der Waals surface area contributed by atoms with Gasteiger partial charge in [0.1, 0.15) is 6.04 Å². The minimum atomic E-state index is -3.55. The van der Waals surface area contributed by atoms with Gasteiger partial charge < -0.3 is 10.2 Å². The van der Waals surface area contributed by atoms with Crippen molar-refractivity contribution in [3.63, 3.8) is 0 Å². The van der Waals surface area contributed by atoms with Crippen LogP contribution in [-0.4, -0.2) is 51.0 Å². The fourth-order valence-corrected chi connectivity index (χ4v) is 5.44. The van der Waals surface area contributed by atoms with Crippen molar-refractivity contribution in [3.05, 3.63) is 63.1 Å². The zero-order chi connectivity index (χ0) is 26.3. The molecule has 2 aromatic carbocycles. The molecule has 1 atom stereocenters. The van der Waals surface area contributed by atoms with Crippen LogP contribution in [0, 0.1) is 13.8 Å². The molecule has 0 saturated carbocycles. The quantitative estimate of drug-likeness (QED) is 0.446. The van der Waals surface area contributed by atoms with Crippen molar-refractivity contribution in [2.75, 3.05) is 24.2 Å². The first-order valence-electron chi connectivity index (χ1n) is 11.4. The van der Waals surface area contributed by atoms with Crippen molar-refractivity contribution < 1.29 is 18.0 Å². The molecule has 0 spiro atoms. The molecule has 0 saturated heterocycles. The van der Waals surface area contributed by atoms with Crippen LogP contribution in [0.5, 0.6) is 0 Å². The molecule has 0 unspecified atom stereocenters. The molecule has 1 N–H and O–H groups in total. The number of carbonyl (C=O) groups is 2. The van der Waals surface area contributed by atoms with Crippen LogP contribution in [0.1, 0.15) is 42.9 Å².